The maximum absolute atomic E-state index is 10.7. The van der Waals surface area contributed by atoms with Gasteiger partial charge in [-0.05, 0) is 148 Å². The number of Topliss-reactive ketones (excluding diaryl/α,β-unsaturated/α-hetero) is 1. The van der Waals surface area contributed by atoms with E-state index >= 15 is 0 Å². The van der Waals surface area contributed by atoms with Gasteiger partial charge in [-0.2, -0.15) is 15.8 Å². The van der Waals surface area contributed by atoms with Crippen LogP contribution in [0.4, 0.5) is 34.1 Å². The van der Waals surface area contributed by atoms with Gasteiger partial charge in [0.1, 0.15) is 56.4 Å². The number of aryl methyl sites for hydroxylation is 2. The van der Waals surface area contributed by atoms with Crippen molar-refractivity contribution in [2.75, 3.05) is 101 Å². The van der Waals surface area contributed by atoms with E-state index in [9.17, 15) is 9.90 Å². The summed E-state index contributed by atoms with van der Waals surface area (Å²) in [5.74, 6) is 0.321. The molecule has 0 radical (unpaired) electrons. The molecule has 2 aromatic carbocycles. The van der Waals surface area contributed by atoms with Crippen LogP contribution in [0.25, 0.3) is 21.1 Å². The van der Waals surface area contributed by atoms with E-state index in [1.165, 1.54) is 40.1 Å². The maximum Gasteiger partial charge on any atom is 0.164 e. The van der Waals surface area contributed by atoms with Gasteiger partial charge in [0.05, 0.1) is 92.7 Å². The first-order valence-corrected chi connectivity index (χ1v) is 30.9. The summed E-state index contributed by atoms with van der Waals surface area (Å²) in [5.41, 5.74) is 23.3. The van der Waals surface area contributed by atoms with Gasteiger partial charge >= 0.3 is 0 Å². The van der Waals surface area contributed by atoms with Gasteiger partial charge in [-0.3, -0.25) is 9.78 Å². The number of rotatable bonds is 9. The Balaban J connectivity index is 0.000000170. The molecule has 0 amide bonds. The Hall–Kier alpha value is -8.99. The van der Waals surface area contributed by atoms with Crippen LogP contribution in [-0.4, -0.2) is 129 Å². The van der Waals surface area contributed by atoms with E-state index in [0.29, 0.717) is 45.3 Å². The lowest BCUT2D eigenvalue weighted by Gasteiger charge is -2.19. The highest BCUT2D eigenvalue weighted by molar-refractivity contribution is 7.80. The third kappa shape index (κ3) is 21.1. The minimum atomic E-state index is -0.309. The number of epoxide rings is 1. The number of fused-ring (bicyclic) bond motifs is 3. The minimum absolute atomic E-state index is 0.0312. The molecule has 0 spiro atoms. The molecule has 89 heavy (non-hydrogen) atoms. The fourth-order valence-corrected chi connectivity index (χ4v) is 11.4. The first-order valence-electron chi connectivity index (χ1n) is 28.8. The van der Waals surface area contributed by atoms with Crippen LogP contribution in [-0.2, 0) is 27.1 Å². The molecule has 23 heteroatoms. The zero-order valence-electron chi connectivity index (χ0n) is 52.1. The zero-order chi connectivity index (χ0) is 64.6. The predicted octanol–water partition coefficient (Wildman–Crippen LogP) is 11.0. The van der Waals surface area contributed by atoms with Crippen LogP contribution < -0.4 is 36.4 Å². The molecular weight excluding hydrogens is 1180 g/mol. The van der Waals surface area contributed by atoms with Crippen molar-refractivity contribution in [1.29, 1.82) is 15.8 Å². The van der Waals surface area contributed by atoms with Crippen molar-refractivity contribution in [1.82, 2.24) is 29.9 Å². The maximum atomic E-state index is 10.7. The third-order valence-electron chi connectivity index (χ3n) is 14.1. The molecule has 2 fully saturated rings. The number of methoxy groups -OCH3 is 1. The van der Waals surface area contributed by atoms with Gasteiger partial charge in [0.2, 0.25) is 0 Å². The van der Waals surface area contributed by atoms with Gasteiger partial charge in [0.25, 0.3) is 0 Å². The minimum Gasteiger partial charge on any atom is -0.397 e. The van der Waals surface area contributed by atoms with E-state index in [0.717, 1.165) is 94.6 Å². The average molecular weight is 1260 g/mol. The number of pyridine rings is 4. The Kier molecular flexibility index (Phi) is 26.8. The Labute approximate surface area is 536 Å². The number of aliphatic hydroxyl groups excluding tert-OH is 1. The highest BCUT2D eigenvalue weighted by atomic mass is 32.1. The molecule has 8 aromatic rings. The third-order valence-corrected chi connectivity index (χ3v) is 16.8. The Morgan fingerprint density at radius 1 is 0.618 bits per heavy atom. The van der Waals surface area contributed by atoms with Crippen molar-refractivity contribution >= 4 is 79.8 Å². The fraction of sp³-hybridized carbons (Fsp3) is 0.348. The molecule has 20 nitrogen and oxygen atoms in total. The van der Waals surface area contributed by atoms with Gasteiger partial charge < -0.3 is 51.0 Å². The number of benzene rings is 2. The summed E-state index contributed by atoms with van der Waals surface area (Å²) in [6, 6.07) is 36.8. The topological polar surface area (TPSA) is 285 Å². The molecule has 1 aliphatic heterocycles. The average Bonchev–Trinajstić information content (AvgIpc) is 4.19. The fourth-order valence-electron chi connectivity index (χ4n) is 8.91. The van der Waals surface area contributed by atoms with Crippen molar-refractivity contribution in [2.45, 2.75) is 82.2 Å². The number of hydrogen-bond acceptors (Lipinski definition) is 22. The van der Waals surface area contributed by atoms with E-state index in [2.05, 4.69) is 97.7 Å². The monoisotopic (exact) mass is 1250 g/mol. The summed E-state index contributed by atoms with van der Waals surface area (Å²) in [5, 5.41) is 40.1. The number of aliphatic hydroxyl groups is 1. The van der Waals surface area contributed by atoms with Crippen molar-refractivity contribution < 1.29 is 19.4 Å². The number of nitriles is 3. The lowest BCUT2D eigenvalue weighted by molar-refractivity contribution is -0.120. The number of nitrogens with one attached hydrogen (secondary N) is 1. The quantitative estimate of drug-likeness (QED) is 0.0771. The van der Waals surface area contributed by atoms with Crippen LogP contribution in [0.2, 0.25) is 0 Å². The number of nitrogens with zero attached hydrogens (tertiary/aromatic N) is 13. The first-order chi connectivity index (χ1) is 42.7. The van der Waals surface area contributed by atoms with Crippen LogP contribution in [0.15, 0.2) is 122 Å². The van der Waals surface area contributed by atoms with Crippen molar-refractivity contribution in [3.8, 4) is 39.3 Å². The molecule has 4 unspecified atom stereocenters. The summed E-state index contributed by atoms with van der Waals surface area (Å²) in [6.45, 7) is 0. The Morgan fingerprint density at radius 3 is 1.48 bits per heavy atom. The molecule has 1 saturated heterocycles. The van der Waals surface area contributed by atoms with Gasteiger partial charge in [-0.1, -0.05) is 12.2 Å². The van der Waals surface area contributed by atoms with Gasteiger partial charge in [0, 0.05) is 99.5 Å². The summed E-state index contributed by atoms with van der Waals surface area (Å²) in [4.78, 5) is 46.6. The lowest BCUT2D eigenvalue weighted by Crippen LogP contribution is -2.14. The van der Waals surface area contributed by atoms with Gasteiger partial charge in [-0.15, -0.1) is 22.7 Å². The summed E-state index contributed by atoms with van der Waals surface area (Å²) in [6.07, 6.45) is 16.0. The standard InChI is InChI=1S/C16H20N2OS.C15H18N2OS.C8H11N3S.C8H9N3.C7H7N3.C6H5N3.C6H8O2/c1-18(2)12-9-7-11(8-10-12)16-17-13-5-4-6-14(19-3)15(13)20-16;1-17(2)11-8-6-10(7-9-11)15-16-12-4-3-5-13(18)14(12)19-15;1-11(2)6-3-4-7(8(9)12)10-5-6;1-11(2)8-4-3-7(5-9)10-6-8;1-9-7-3-2-6(4-8)10-5-7;7-3-6-2-1-5(8)4-9-6;7-4-2-1-3-5-6(4)8-5/h7-10,14H,4-6H2,1-3H3;6-9,13,18H,3-5H2,1-2H3;3-5H,1-2H3,(H2,9,12);3-4,6H,1-2H3;2-3,5,9H,1H3;1-2,4H,8H2;5-6H,1-3H2. The molecule has 3 aliphatic carbocycles. The van der Waals surface area contributed by atoms with Gasteiger partial charge in [0.15, 0.2) is 5.78 Å². The van der Waals surface area contributed by atoms with E-state index in [-0.39, 0.29) is 18.3 Å². The molecule has 4 aliphatic rings. The van der Waals surface area contributed by atoms with E-state index < -0.39 is 0 Å². The number of hydrogen-bond donors (Lipinski definition) is 4. The molecule has 6 aromatic heterocycles. The van der Waals surface area contributed by atoms with Crippen LogP contribution in [0.3, 0.4) is 0 Å². The number of ether oxygens (including phenoxy) is 2. The zero-order valence-corrected chi connectivity index (χ0v) is 54.5. The van der Waals surface area contributed by atoms with Crippen LogP contribution >= 0.6 is 34.9 Å². The van der Waals surface area contributed by atoms with E-state index in [1.807, 2.05) is 102 Å². The molecular formula is C66H78N16O4S3. The molecule has 6 N–H and O–H groups in total. The second kappa shape index (κ2) is 34.5. The molecule has 1 saturated carbocycles. The van der Waals surface area contributed by atoms with Gasteiger partial charge in [-0.25, -0.2) is 24.9 Å². The van der Waals surface area contributed by atoms with Crippen molar-refractivity contribution in [3.05, 3.63) is 166 Å². The van der Waals surface area contributed by atoms with E-state index in [4.69, 9.17) is 58.9 Å². The highest BCUT2D eigenvalue weighted by Crippen LogP contribution is 2.41. The van der Waals surface area contributed by atoms with Crippen LogP contribution in [0, 0.1) is 34.0 Å². The number of ketones is 1. The predicted molar refractivity (Wildman–Crippen MR) is 361 cm³/mol. The van der Waals surface area contributed by atoms with Crippen molar-refractivity contribution in [3.63, 3.8) is 0 Å². The molecule has 12 rings (SSSR count). The number of nitrogen functional groups attached to an aromatic ring is 1. The van der Waals surface area contributed by atoms with Crippen LogP contribution in [0.5, 0.6) is 0 Å². The Bertz CT molecular complexity index is 3630. The van der Waals surface area contributed by atoms with Crippen molar-refractivity contribution in [2.24, 2.45) is 5.73 Å². The lowest BCUT2D eigenvalue weighted by atomic mass is 10.00. The molecule has 0 bridgehead atoms. The van der Waals surface area contributed by atoms with E-state index in [1.54, 1.807) is 72.6 Å². The summed E-state index contributed by atoms with van der Waals surface area (Å²) in [7, 11) is 19.6. The molecule has 4 atom stereocenters. The first kappa shape index (κ1) is 69.1. The molecule has 7 heterocycles. The SMILES string of the molecule is CN(C)c1ccc(-c2nc3c(s2)C(O)CCC3)cc1.CN(C)c1ccc(C#N)nc1.CN(C)c1ccc(C(N)=S)nc1.CNc1ccc(C#N)nc1.COC1CCCc2nc(-c3ccc(N(C)C)cc3)sc21.N#Cc1ccc(N)cn1.O=C1CCCC2OC12. The number of aromatic nitrogens is 6. The number of thiazole rings is 2. The second-order valence-electron chi connectivity index (χ2n) is 21.5. The summed E-state index contributed by atoms with van der Waals surface area (Å²) < 4.78 is 10.6. The number of carbonyl (C=O) groups excluding carboxylic acids is 1. The largest absolute Gasteiger partial charge is 0.397 e. The summed E-state index contributed by atoms with van der Waals surface area (Å²) >= 11 is 8.19. The number of thiocarbonyl (C=S) groups is 1. The molecule has 464 valence electrons. The number of carbonyl (C=O) groups is 1. The van der Waals surface area contributed by atoms with Crippen LogP contribution in [0.1, 0.15) is 101 Å². The second-order valence-corrected chi connectivity index (χ2v) is 24.0. The normalized spacial score (nSPS) is 16.0. The number of anilines is 6. The highest BCUT2D eigenvalue weighted by Gasteiger charge is 2.46. The smallest absolute Gasteiger partial charge is 0.164 e. The Morgan fingerprint density at radius 2 is 1.08 bits per heavy atom. The number of nitrogens with two attached hydrogens (primary N) is 2.